The van der Waals surface area contributed by atoms with Gasteiger partial charge in [-0.05, 0) is 23.4 Å². The summed E-state index contributed by atoms with van der Waals surface area (Å²) in [7, 11) is 0. The number of imidazole rings is 1. The molecular weight excluding hydrogens is 346 g/mol. The van der Waals surface area contributed by atoms with Gasteiger partial charge in [0.05, 0.1) is 18.1 Å². The van der Waals surface area contributed by atoms with E-state index in [0.29, 0.717) is 0 Å². The van der Waals surface area contributed by atoms with Gasteiger partial charge in [0.15, 0.2) is 5.16 Å². The molecule has 4 rings (SSSR count). The smallest absolute Gasteiger partial charge is 0.187 e. The van der Waals surface area contributed by atoms with Crippen molar-refractivity contribution in [1.82, 2.24) is 24.8 Å². The quantitative estimate of drug-likeness (QED) is 0.533. The van der Waals surface area contributed by atoms with Gasteiger partial charge in [0, 0.05) is 43.2 Å². The fraction of sp³-hybridized carbons (Fsp3) is 0.316. The second kappa shape index (κ2) is 7.47. The molecule has 0 amide bonds. The Morgan fingerprint density at radius 2 is 2.12 bits per heavy atom. The summed E-state index contributed by atoms with van der Waals surface area (Å²) in [5.41, 5.74) is 4.31. The fourth-order valence-corrected chi connectivity index (χ4v) is 3.93. The lowest BCUT2D eigenvalue weighted by Crippen LogP contribution is -2.35. The summed E-state index contributed by atoms with van der Waals surface area (Å²) in [4.78, 5) is 19.1. The Balaban J connectivity index is 1.63. The minimum absolute atomic E-state index is 0.00166. The highest BCUT2D eigenvalue weighted by molar-refractivity contribution is 7.99. The lowest BCUT2D eigenvalue weighted by atomic mass is 9.95. The molecule has 3 aromatic rings. The van der Waals surface area contributed by atoms with E-state index in [1.54, 1.807) is 24.2 Å². The van der Waals surface area contributed by atoms with Crippen LogP contribution in [0.4, 0.5) is 0 Å². The molecule has 0 fully saturated rings. The number of H-pyrrole nitrogens is 1. The number of nitrogens with one attached hydrogen (secondary N) is 1. The number of aromatic hydroxyl groups is 1. The number of phenols is 1. The van der Waals surface area contributed by atoms with Crippen molar-refractivity contribution in [2.45, 2.75) is 31.1 Å². The largest absolute Gasteiger partial charge is 0.508 e. The number of phenolic OH excluding ortho intramolecular Hbond substituents is 1. The van der Waals surface area contributed by atoms with E-state index >= 15 is 0 Å². The Hall–Kier alpha value is -2.38. The van der Waals surface area contributed by atoms with Crippen LogP contribution in [0.15, 0.2) is 48.1 Å². The molecule has 0 aliphatic carbocycles. The molecule has 1 aromatic carbocycles. The molecule has 2 aromatic heterocycles. The number of aromatic amines is 1. The Labute approximate surface area is 156 Å². The summed E-state index contributed by atoms with van der Waals surface area (Å²) in [6, 6.07) is 7.43. The number of nitrogens with zero attached hydrogens (tertiary/aromatic N) is 4. The standard InChI is InChI=1S/C19H21N5OS/c1-2-26-19-20-9-13(10-21-19)11-24-7-6-16-17(23-12-22-16)18(24)14-4-3-5-15(25)8-14/h3-5,8-10,12,18,25H,2,6-7,11H2,1H3,(H,22,23). The third kappa shape index (κ3) is 3.45. The van der Waals surface area contributed by atoms with Gasteiger partial charge in [-0.1, -0.05) is 30.8 Å². The summed E-state index contributed by atoms with van der Waals surface area (Å²) in [5.74, 6) is 1.24. The van der Waals surface area contributed by atoms with Crippen molar-refractivity contribution in [3.63, 3.8) is 0 Å². The first kappa shape index (κ1) is 17.1. The third-order valence-corrected chi connectivity index (χ3v) is 5.31. The van der Waals surface area contributed by atoms with E-state index in [9.17, 15) is 5.11 Å². The van der Waals surface area contributed by atoms with E-state index in [1.165, 1.54) is 5.69 Å². The van der Waals surface area contributed by atoms with Gasteiger partial charge in [-0.3, -0.25) is 4.90 Å². The number of aromatic nitrogens is 4. The summed E-state index contributed by atoms with van der Waals surface area (Å²) >= 11 is 1.64. The molecule has 134 valence electrons. The highest BCUT2D eigenvalue weighted by atomic mass is 32.2. The predicted molar refractivity (Wildman–Crippen MR) is 101 cm³/mol. The molecule has 0 spiro atoms. The van der Waals surface area contributed by atoms with Gasteiger partial charge in [0.1, 0.15) is 5.75 Å². The maximum Gasteiger partial charge on any atom is 0.187 e. The van der Waals surface area contributed by atoms with E-state index in [0.717, 1.165) is 47.2 Å². The summed E-state index contributed by atoms with van der Waals surface area (Å²) in [6.07, 6.45) is 6.49. The first-order valence-electron chi connectivity index (χ1n) is 8.73. The molecule has 6 nitrogen and oxygen atoms in total. The number of hydrogen-bond donors (Lipinski definition) is 2. The molecule has 0 radical (unpaired) electrons. The molecule has 7 heteroatoms. The van der Waals surface area contributed by atoms with Crippen LogP contribution in [0.25, 0.3) is 0 Å². The first-order valence-corrected chi connectivity index (χ1v) is 9.72. The van der Waals surface area contributed by atoms with Crippen molar-refractivity contribution in [1.29, 1.82) is 0 Å². The zero-order valence-electron chi connectivity index (χ0n) is 14.6. The molecule has 0 saturated carbocycles. The number of rotatable bonds is 5. The van der Waals surface area contributed by atoms with Crippen LogP contribution in [0.2, 0.25) is 0 Å². The second-order valence-electron chi connectivity index (χ2n) is 6.29. The van der Waals surface area contributed by atoms with E-state index in [-0.39, 0.29) is 11.8 Å². The predicted octanol–water partition coefficient (Wildman–Crippen LogP) is 3.17. The van der Waals surface area contributed by atoms with Gasteiger partial charge < -0.3 is 10.1 Å². The Morgan fingerprint density at radius 1 is 1.27 bits per heavy atom. The highest BCUT2D eigenvalue weighted by Crippen LogP contribution is 2.35. The van der Waals surface area contributed by atoms with Gasteiger partial charge in [0.2, 0.25) is 0 Å². The highest BCUT2D eigenvalue weighted by Gasteiger charge is 2.31. The van der Waals surface area contributed by atoms with Crippen LogP contribution in [0.1, 0.15) is 35.5 Å². The maximum absolute atomic E-state index is 9.93. The van der Waals surface area contributed by atoms with Crippen LogP contribution < -0.4 is 0 Å². The molecule has 3 heterocycles. The zero-order chi connectivity index (χ0) is 17.9. The van der Waals surface area contributed by atoms with Gasteiger partial charge >= 0.3 is 0 Å². The van der Waals surface area contributed by atoms with E-state index in [2.05, 4.69) is 31.8 Å². The van der Waals surface area contributed by atoms with Gasteiger partial charge in [-0.15, -0.1) is 0 Å². The van der Waals surface area contributed by atoms with Crippen molar-refractivity contribution < 1.29 is 5.11 Å². The summed E-state index contributed by atoms with van der Waals surface area (Å²) in [6.45, 7) is 3.74. The zero-order valence-corrected chi connectivity index (χ0v) is 15.4. The number of hydrogen-bond acceptors (Lipinski definition) is 6. The molecule has 1 atom stereocenters. The average Bonchev–Trinajstić information content (AvgIpc) is 3.12. The van der Waals surface area contributed by atoms with Gasteiger partial charge in [-0.2, -0.15) is 0 Å². The Bertz CT molecular complexity index is 880. The van der Waals surface area contributed by atoms with Crippen LogP contribution in [-0.4, -0.2) is 42.2 Å². The first-order chi connectivity index (χ1) is 12.7. The van der Waals surface area contributed by atoms with Crippen LogP contribution >= 0.6 is 11.8 Å². The monoisotopic (exact) mass is 367 g/mol. The summed E-state index contributed by atoms with van der Waals surface area (Å²) in [5, 5.41) is 10.7. The molecule has 1 aliphatic rings. The normalized spacial score (nSPS) is 17.2. The van der Waals surface area contributed by atoms with Crippen molar-refractivity contribution in [3.8, 4) is 5.75 Å². The molecule has 1 unspecified atom stereocenters. The molecule has 26 heavy (non-hydrogen) atoms. The second-order valence-corrected chi connectivity index (χ2v) is 7.52. The van der Waals surface area contributed by atoms with Gasteiger partial charge in [0.25, 0.3) is 0 Å². The minimum Gasteiger partial charge on any atom is -0.508 e. The lowest BCUT2D eigenvalue weighted by Gasteiger charge is -2.35. The fourth-order valence-electron chi connectivity index (χ4n) is 3.42. The molecule has 1 aliphatic heterocycles. The number of thioether (sulfide) groups is 1. The number of benzene rings is 1. The summed E-state index contributed by atoms with van der Waals surface area (Å²) < 4.78 is 0. The van der Waals surface area contributed by atoms with Crippen LogP contribution in [-0.2, 0) is 13.0 Å². The average molecular weight is 367 g/mol. The molecule has 2 N–H and O–H groups in total. The van der Waals surface area contributed by atoms with Crippen molar-refractivity contribution >= 4 is 11.8 Å². The van der Waals surface area contributed by atoms with E-state index in [1.807, 2.05) is 30.6 Å². The SMILES string of the molecule is CCSc1ncc(CN2CCc3[nH]cnc3C2c2cccc(O)c2)cn1. The topological polar surface area (TPSA) is 77.9 Å². The Kier molecular flexibility index (Phi) is 4.90. The minimum atomic E-state index is 0.00166. The lowest BCUT2D eigenvalue weighted by molar-refractivity contribution is 0.199. The van der Waals surface area contributed by atoms with Gasteiger partial charge in [-0.25, -0.2) is 15.0 Å². The Morgan fingerprint density at radius 3 is 2.88 bits per heavy atom. The van der Waals surface area contributed by atoms with E-state index in [4.69, 9.17) is 0 Å². The molecular formula is C19H21N5OS. The van der Waals surface area contributed by atoms with Crippen LogP contribution in [0, 0.1) is 0 Å². The van der Waals surface area contributed by atoms with Crippen LogP contribution in [0.3, 0.4) is 0 Å². The van der Waals surface area contributed by atoms with Crippen molar-refractivity contribution in [2.24, 2.45) is 0 Å². The molecule has 0 saturated heterocycles. The van der Waals surface area contributed by atoms with E-state index < -0.39 is 0 Å². The molecule has 0 bridgehead atoms. The maximum atomic E-state index is 9.93. The number of fused-ring (bicyclic) bond motifs is 1. The third-order valence-electron chi connectivity index (χ3n) is 4.55. The van der Waals surface area contributed by atoms with Crippen molar-refractivity contribution in [2.75, 3.05) is 12.3 Å². The van der Waals surface area contributed by atoms with Crippen molar-refractivity contribution in [3.05, 3.63) is 65.5 Å². The van der Waals surface area contributed by atoms with Crippen LogP contribution in [0.5, 0.6) is 5.75 Å².